The van der Waals surface area contributed by atoms with Crippen LogP contribution in [0.1, 0.15) is 26.7 Å². The van der Waals surface area contributed by atoms with Gasteiger partial charge in [-0.3, -0.25) is 4.79 Å². The van der Waals surface area contributed by atoms with E-state index in [9.17, 15) is 4.79 Å². The zero-order valence-electron chi connectivity index (χ0n) is 12.8. The normalized spacial score (nSPS) is 19.5. The van der Waals surface area contributed by atoms with Crippen LogP contribution in [-0.4, -0.2) is 30.5 Å². The molecule has 0 saturated heterocycles. The number of rotatable bonds is 6. The minimum atomic E-state index is 0. The minimum Gasteiger partial charge on any atom is -0.493 e. The Morgan fingerprint density at radius 1 is 1.14 bits per heavy atom. The van der Waals surface area contributed by atoms with Crippen molar-refractivity contribution in [3.8, 4) is 5.75 Å². The van der Waals surface area contributed by atoms with Crippen molar-refractivity contribution in [2.24, 2.45) is 11.8 Å². The number of para-hydroxylation sites is 1. The summed E-state index contributed by atoms with van der Waals surface area (Å²) in [5, 5.41) is 0. The molecule has 2 rings (SSSR count). The lowest BCUT2D eigenvalue weighted by atomic mass is 9.73. The molecule has 1 aromatic carbocycles. The maximum Gasteiger partial charge on any atom is 0.226 e. The predicted molar refractivity (Wildman–Crippen MR) is 96.8 cm³/mol. The Balaban J connectivity index is 0.00000200. The summed E-state index contributed by atoms with van der Waals surface area (Å²) in [6.45, 7) is 6.34. The highest BCUT2D eigenvalue weighted by atomic mass is 32.1. The van der Waals surface area contributed by atoms with E-state index in [1.54, 1.807) is 0 Å². The number of nitrogens with zero attached hydrogens (tertiary/aromatic N) is 1. The van der Waals surface area contributed by atoms with Crippen LogP contribution in [0.25, 0.3) is 0 Å². The molecular weight excluding hydrogens is 302 g/mol. The number of carbonyl (C=O) groups excluding carboxylic acids is 1. The molecule has 0 spiro atoms. The Morgan fingerprint density at radius 2 is 1.76 bits per heavy atom. The first-order valence-electron chi connectivity index (χ1n) is 7.22. The summed E-state index contributed by atoms with van der Waals surface area (Å²) >= 11 is 0. The van der Waals surface area contributed by atoms with E-state index < -0.39 is 0 Å². The van der Waals surface area contributed by atoms with Gasteiger partial charge in [0.25, 0.3) is 0 Å². The van der Waals surface area contributed by atoms with Gasteiger partial charge in [-0.2, -0.15) is 27.0 Å². The minimum absolute atomic E-state index is 0. The topological polar surface area (TPSA) is 29.5 Å². The second kappa shape index (κ2) is 10.0. The zero-order chi connectivity index (χ0) is 13.7. The molecule has 0 heterocycles. The Kier molecular flexibility index (Phi) is 9.62. The third kappa shape index (κ3) is 5.15. The smallest absolute Gasteiger partial charge is 0.226 e. The van der Waals surface area contributed by atoms with Crippen LogP contribution >= 0.6 is 27.0 Å². The second-order valence-corrected chi connectivity index (χ2v) is 5.08. The van der Waals surface area contributed by atoms with Gasteiger partial charge >= 0.3 is 0 Å². The highest BCUT2D eigenvalue weighted by Crippen LogP contribution is 2.36. The molecule has 0 N–H and O–H groups in total. The van der Waals surface area contributed by atoms with Crippen LogP contribution < -0.4 is 4.74 Å². The van der Waals surface area contributed by atoms with Crippen LogP contribution in [-0.2, 0) is 4.79 Å². The fourth-order valence-electron chi connectivity index (χ4n) is 2.58. The van der Waals surface area contributed by atoms with Gasteiger partial charge in [0.1, 0.15) is 5.75 Å². The van der Waals surface area contributed by atoms with Crippen molar-refractivity contribution in [1.82, 2.24) is 4.90 Å². The molecule has 1 aliphatic carbocycles. The molecular formula is C16H27NO2S2. The molecule has 5 heteroatoms. The predicted octanol–water partition coefficient (Wildman–Crippen LogP) is 3.19. The van der Waals surface area contributed by atoms with E-state index in [0.29, 0.717) is 18.4 Å². The zero-order valence-corrected chi connectivity index (χ0v) is 14.8. The van der Waals surface area contributed by atoms with Crippen LogP contribution in [0.4, 0.5) is 0 Å². The molecule has 1 fully saturated rings. The van der Waals surface area contributed by atoms with Crippen LogP contribution in [0, 0.1) is 11.8 Å². The van der Waals surface area contributed by atoms with Crippen molar-refractivity contribution in [2.45, 2.75) is 26.7 Å². The summed E-state index contributed by atoms with van der Waals surface area (Å²) in [7, 11) is 0. The quantitative estimate of drug-likeness (QED) is 0.802. The molecule has 0 bridgehead atoms. The molecule has 0 radical (unpaired) electrons. The van der Waals surface area contributed by atoms with E-state index in [0.717, 1.165) is 31.7 Å². The average molecular weight is 330 g/mol. The van der Waals surface area contributed by atoms with Gasteiger partial charge < -0.3 is 9.64 Å². The second-order valence-electron chi connectivity index (χ2n) is 5.08. The number of amides is 1. The molecule has 2 atom stereocenters. The molecule has 21 heavy (non-hydrogen) atoms. The Morgan fingerprint density at radius 3 is 2.24 bits per heavy atom. The standard InChI is InChI=1S/C16H23NO2.2H2S/c1-3-17(4-2)16(18)15-11-10-13(15)12-19-14-8-6-5-7-9-14;;/h5-9,13,15H,3-4,10-12H2,1-2H3;2*1H2/t13-,15+;;/m1../s1. The number of hydrogen-bond donors (Lipinski definition) is 0. The van der Waals surface area contributed by atoms with E-state index >= 15 is 0 Å². The highest BCUT2D eigenvalue weighted by molar-refractivity contribution is 7.59. The molecule has 0 unspecified atom stereocenters. The lowest BCUT2D eigenvalue weighted by Gasteiger charge is -2.38. The molecule has 1 amide bonds. The summed E-state index contributed by atoms with van der Waals surface area (Å²) < 4.78 is 5.77. The van der Waals surface area contributed by atoms with Crippen LogP contribution in [0.15, 0.2) is 30.3 Å². The van der Waals surface area contributed by atoms with Gasteiger partial charge in [0.05, 0.1) is 6.61 Å². The molecule has 120 valence electrons. The third-order valence-electron chi connectivity index (χ3n) is 4.02. The average Bonchev–Trinajstić information content (AvgIpc) is 2.40. The Bertz CT molecular complexity index is 410. The maximum atomic E-state index is 12.3. The van der Waals surface area contributed by atoms with Gasteiger partial charge in [0.15, 0.2) is 0 Å². The van der Waals surface area contributed by atoms with Gasteiger partial charge in [-0.15, -0.1) is 0 Å². The van der Waals surface area contributed by atoms with Gasteiger partial charge in [0, 0.05) is 24.9 Å². The van der Waals surface area contributed by atoms with Crippen molar-refractivity contribution < 1.29 is 9.53 Å². The fourth-order valence-corrected chi connectivity index (χ4v) is 2.58. The molecule has 0 aromatic heterocycles. The van der Waals surface area contributed by atoms with Crippen molar-refractivity contribution in [1.29, 1.82) is 0 Å². The Labute approximate surface area is 141 Å². The van der Waals surface area contributed by atoms with Gasteiger partial charge in [-0.1, -0.05) is 18.2 Å². The molecule has 3 nitrogen and oxygen atoms in total. The first-order chi connectivity index (χ1) is 9.26. The summed E-state index contributed by atoms with van der Waals surface area (Å²) in [5.74, 6) is 1.75. The first kappa shape index (κ1) is 20.2. The van der Waals surface area contributed by atoms with E-state index in [1.165, 1.54) is 0 Å². The van der Waals surface area contributed by atoms with Gasteiger partial charge in [-0.05, 0) is 38.8 Å². The lowest BCUT2D eigenvalue weighted by Crippen LogP contribution is -2.45. The number of benzene rings is 1. The summed E-state index contributed by atoms with van der Waals surface area (Å²) in [6.07, 6.45) is 2.11. The lowest BCUT2D eigenvalue weighted by molar-refractivity contribution is -0.141. The van der Waals surface area contributed by atoms with Crippen molar-refractivity contribution in [3.63, 3.8) is 0 Å². The Hall–Kier alpha value is -0.810. The summed E-state index contributed by atoms with van der Waals surface area (Å²) in [4.78, 5) is 14.2. The van der Waals surface area contributed by atoms with Crippen molar-refractivity contribution in [3.05, 3.63) is 30.3 Å². The summed E-state index contributed by atoms with van der Waals surface area (Å²) in [5.41, 5.74) is 0. The van der Waals surface area contributed by atoms with Gasteiger partial charge in [-0.25, -0.2) is 0 Å². The first-order valence-corrected chi connectivity index (χ1v) is 7.22. The fraction of sp³-hybridized carbons (Fsp3) is 0.562. The van der Waals surface area contributed by atoms with Crippen molar-refractivity contribution in [2.75, 3.05) is 19.7 Å². The van der Waals surface area contributed by atoms with Crippen LogP contribution in [0.2, 0.25) is 0 Å². The van der Waals surface area contributed by atoms with E-state index in [1.807, 2.05) is 49.1 Å². The largest absolute Gasteiger partial charge is 0.493 e. The summed E-state index contributed by atoms with van der Waals surface area (Å²) in [6, 6.07) is 9.83. The molecule has 1 aliphatic rings. The van der Waals surface area contributed by atoms with E-state index in [4.69, 9.17) is 4.74 Å². The highest BCUT2D eigenvalue weighted by Gasteiger charge is 2.38. The molecule has 1 aromatic rings. The molecule has 0 aliphatic heterocycles. The number of hydrogen-bond acceptors (Lipinski definition) is 2. The number of carbonyl (C=O) groups is 1. The molecule has 1 saturated carbocycles. The third-order valence-corrected chi connectivity index (χ3v) is 4.02. The van der Waals surface area contributed by atoms with Crippen molar-refractivity contribution >= 4 is 32.9 Å². The van der Waals surface area contributed by atoms with Crippen LogP contribution in [0.5, 0.6) is 5.75 Å². The van der Waals surface area contributed by atoms with Gasteiger partial charge in [0.2, 0.25) is 5.91 Å². The van der Waals surface area contributed by atoms with E-state index in [-0.39, 0.29) is 32.9 Å². The van der Waals surface area contributed by atoms with Crippen LogP contribution in [0.3, 0.4) is 0 Å². The monoisotopic (exact) mass is 329 g/mol. The maximum absolute atomic E-state index is 12.3. The van der Waals surface area contributed by atoms with E-state index in [2.05, 4.69) is 0 Å². The SMILES string of the molecule is CCN(CC)C(=O)[C@H]1CC[C@@H]1COc1ccccc1.S.S. The number of ether oxygens (including phenoxy) is 1.